The van der Waals surface area contributed by atoms with Crippen molar-refractivity contribution in [2.24, 2.45) is 0 Å². The monoisotopic (exact) mass is 344 g/mol. The summed E-state index contributed by atoms with van der Waals surface area (Å²) < 4.78 is 18.5. The molecule has 0 spiro atoms. The molecule has 0 aliphatic heterocycles. The molecule has 25 heavy (non-hydrogen) atoms. The van der Waals surface area contributed by atoms with Crippen LogP contribution in [0.3, 0.4) is 0 Å². The average molecular weight is 344 g/mol. The number of hydrogen-bond donors (Lipinski definition) is 2. The van der Waals surface area contributed by atoms with Crippen LogP contribution in [0.2, 0.25) is 0 Å². The van der Waals surface area contributed by atoms with E-state index >= 15 is 0 Å². The first-order valence-electron chi connectivity index (χ1n) is 8.15. The van der Waals surface area contributed by atoms with Gasteiger partial charge in [-0.3, -0.25) is 9.59 Å². The molecule has 0 bridgehead atoms. The van der Waals surface area contributed by atoms with Crippen molar-refractivity contribution in [1.82, 2.24) is 5.32 Å². The maximum Gasteiger partial charge on any atom is 0.255 e. The molecule has 0 aliphatic carbocycles. The molecule has 0 aliphatic rings. The Labute approximate surface area is 146 Å². The first kappa shape index (κ1) is 18.4. The minimum Gasteiger partial charge on any atom is -0.493 e. The summed E-state index contributed by atoms with van der Waals surface area (Å²) in [6, 6.07) is 12.7. The quantitative estimate of drug-likeness (QED) is 0.722. The van der Waals surface area contributed by atoms with Gasteiger partial charge >= 0.3 is 0 Å². The highest BCUT2D eigenvalue weighted by Crippen LogP contribution is 2.17. The second kappa shape index (κ2) is 9.42. The lowest BCUT2D eigenvalue weighted by Gasteiger charge is -2.10. The van der Waals surface area contributed by atoms with Crippen LogP contribution < -0.4 is 15.4 Å². The number of carbonyl (C=O) groups excluding carboxylic acids is 2. The Morgan fingerprint density at radius 3 is 2.68 bits per heavy atom. The summed E-state index contributed by atoms with van der Waals surface area (Å²) in [6.45, 7) is 2.69. The first-order valence-corrected chi connectivity index (χ1v) is 8.15. The minimum atomic E-state index is -0.405. The molecule has 6 heteroatoms. The molecular weight excluding hydrogens is 323 g/mol. The molecule has 132 valence electrons. The lowest BCUT2D eigenvalue weighted by Crippen LogP contribution is -2.26. The van der Waals surface area contributed by atoms with Crippen LogP contribution in [0.25, 0.3) is 0 Å². The van der Waals surface area contributed by atoms with Gasteiger partial charge in [-0.1, -0.05) is 18.2 Å². The van der Waals surface area contributed by atoms with E-state index in [2.05, 4.69) is 10.6 Å². The van der Waals surface area contributed by atoms with Crippen LogP contribution in [0.4, 0.5) is 10.1 Å². The first-order chi connectivity index (χ1) is 12.1. The Hall–Kier alpha value is -2.89. The molecule has 0 atom stereocenters. The molecule has 0 heterocycles. The number of carbonyl (C=O) groups is 2. The third kappa shape index (κ3) is 5.91. The summed E-state index contributed by atoms with van der Waals surface area (Å²) in [5, 5.41) is 5.38. The molecule has 2 aromatic rings. The molecule has 2 aromatic carbocycles. The van der Waals surface area contributed by atoms with Crippen molar-refractivity contribution in [3.05, 3.63) is 59.9 Å². The predicted octanol–water partition coefficient (Wildman–Crippen LogP) is 3.37. The number of ether oxygens (including phenoxy) is 1. The molecular formula is C19H21FN2O3. The highest BCUT2D eigenvalue weighted by atomic mass is 19.1. The van der Waals surface area contributed by atoms with Gasteiger partial charge in [-0.05, 0) is 43.7 Å². The van der Waals surface area contributed by atoms with Gasteiger partial charge in [0.15, 0.2) is 0 Å². The summed E-state index contributed by atoms with van der Waals surface area (Å²) in [7, 11) is 0. The van der Waals surface area contributed by atoms with Gasteiger partial charge in [0.2, 0.25) is 5.91 Å². The van der Waals surface area contributed by atoms with Gasteiger partial charge in [0.25, 0.3) is 5.91 Å². The van der Waals surface area contributed by atoms with Crippen LogP contribution in [-0.2, 0) is 4.79 Å². The zero-order valence-electron chi connectivity index (χ0n) is 14.0. The molecule has 2 amide bonds. The minimum absolute atomic E-state index is 0.226. The van der Waals surface area contributed by atoms with E-state index in [-0.39, 0.29) is 18.2 Å². The van der Waals surface area contributed by atoms with E-state index in [1.807, 2.05) is 6.92 Å². The fourth-order valence-corrected chi connectivity index (χ4v) is 2.27. The van der Waals surface area contributed by atoms with Crippen LogP contribution >= 0.6 is 0 Å². The van der Waals surface area contributed by atoms with Crippen molar-refractivity contribution in [2.75, 3.05) is 18.5 Å². The number of amides is 2. The van der Waals surface area contributed by atoms with E-state index in [4.69, 9.17) is 4.74 Å². The van der Waals surface area contributed by atoms with Crippen LogP contribution in [-0.4, -0.2) is 25.0 Å². The number of hydrogen-bond acceptors (Lipinski definition) is 3. The van der Waals surface area contributed by atoms with E-state index < -0.39 is 5.82 Å². The topological polar surface area (TPSA) is 67.4 Å². The standard InChI is InChI=1S/C19H21FN2O3/c1-2-25-17-10-4-3-9-16(17)19(24)21-12-6-11-18(23)22-15-8-5-7-14(20)13-15/h3-5,7-10,13H,2,6,11-12H2,1H3,(H,21,24)(H,22,23). The third-order valence-electron chi connectivity index (χ3n) is 3.41. The van der Waals surface area contributed by atoms with Gasteiger partial charge in [0.05, 0.1) is 12.2 Å². The second-order valence-corrected chi connectivity index (χ2v) is 5.35. The number of anilines is 1. The number of nitrogens with one attached hydrogen (secondary N) is 2. The third-order valence-corrected chi connectivity index (χ3v) is 3.41. The van der Waals surface area contributed by atoms with Gasteiger partial charge in [0.1, 0.15) is 11.6 Å². The maximum atomic E-state index is 13.1. The predicted molar refractivity (Wildman–Crippen MR) is 94.2 cm³/mol. The fourth-order valence-electron chi connectivity index (χ4n) is 2.27. The fraction of sp³-hybridized carbons (Fsp3) is 0.263. The normalized spacial score (nSPS) is 10.2. The number of para-hydroxylation sites is 1. The van der Waals surface area contributed by atoms with E-state index in [1.54, 1.807) is 30.3 Å². The lowest BCUT2D eigenvalue weighted by atomic mass is 10.2. The average Bonchev–Trinajstić information content (AvgIpc) is 2.59. The number of halogens is 1. The second-order valence-electron chi connectivity index (χ2n) is 5.35. The Bertz CT molecular complexity index is 734. The van der Waals surface area contributed by atoms with Crippen molar-refractivity contribution < 1.29 is 18.7 Å². The summed E-state index contributed by atoms with van der Waals surface area (Å²) in [5.74, 6) is -0.339. The van der Waals surface area contributed by atoms with E-state index in [9.17, 15) is 14.0 Å². The Balaban J connectivity index is 1.75. The molecule has 2 rings (SSSR count). The van der Waals surface area contributed by atoms with Crippen LogP contribution in [0.1, 0.15) is 30.1 Å². The van der Waals surface area contributed by atoms with Crippen molar-refractivity contribution in [1.29, 1.82) is 0 Å². The largest absolute Gasteiger partial charge is 0.493 e. The number of benzene rings is 2. The van der Waals surface area contributed by atoms with Crippen molar-refractivity contribution in [3.63, 3.8) is 0 Å². The maximum absolute atomic E-state index is 13.1. The summed E-state index contributed by atoms with van der Waals surface area (Å²) in [5.41, 5.74) is 0.883. The van der Waals surface area contributed by atoms with Crippen LogP contribution in [0.15, 0.2) is 48.5 Å². The molecule has 0 radical (unpaired) electrons. The van der Waals surface area contributed by atoms with E-state index in [0.717, 1.165) is 0 Å². The van der Waals surface area contributed by atoms with Gasteiger partial charge in [-0.15, -0.1) is 0 Å². The van der Waals surface area contributed by atoms with Gasteiger partial charge in [-0.2, -0.15) is 0 Å². The highest BCUT2D eigenvalue weighted by Gasteiger charge is 2.11. The van der Waals surface area contributed by atoms with Crippen LogP contribution in [0, 0.1) is 5.82 Å². The summed E-state index contributed by atoms with van der Waals surface area (Å²) in [6.07, 6.45) is 0.702. The molecule has 0 unspecified atom stereocenters. The molecule has 0 saturated carbocycles. The Morgan fingerprint density at radius 1 is 1.12 bits per heavy atom. The van der Waals surface area contributed by atoms with Gasteiger partial charge in [-0.25, -0.2) is 4.39 Å². The zero-order chi connectivity index (χ0) is 18.1. The zero-order valence-corrected chi connectivity index (χ0v) is 14.0. The van der Waals surface area contributed by atoms with Gasteiger partial charge in [0, 0.05) is 18.7 Å². The van der Waals surface area contributed by atoms with Crippen LogP contribution in [0.5, 0.6) is 5.75 Å². The van der Waals surface area contributed by atoms with E-state index in [0.29, 0.717) is 36.6 Å². The van der Waals surface area contributed by atoms with Crippen molar-refractivity contribution >= 4 is 17.5 Å². The smallest absolute Gasteiger partial charge is 0.255 e. The lowest BCUT2D eigenvalue weighted by molar-refractivity contribution is -0.116. The highest BCUT2D eigenvalue weighted by molar-refractivity contribution is 5.97. The molecule has 5 nitrogen and oxygen atoms in total. The number of rotatable bonds is 8. The SMILES string of the molecule is CCOc1ccccc1C(=O)NCCCC(=O)Nc1cccc(F)c1. The molecule has 2 N–H and O–H groups in total. The van der Waals surface area contributed by atoms with Crippen molar-refractivity contribution in [3.8, 4) is 5.75 Å². The summed E-state index contributed by atoms with van der Waals surface area (Å²) in [4.78, 5) is 24.0. The Morgan fingerprint density at radius 2 is 1.92 bits per heavy atom. The molecule has 0 aromatic heterocycles. The van der Waals surface area contributed by atoms with Crippen molar-refractivity contribution in [2.45, 2.75) is 19.8 Å². The van der Waals surface area contributed by atoms with Gasteiger partial charge < -0.3 is 15.4 Å². The van der Waals surface area contributed by atoms with E-state index in [1.165, 1.54) is 18.2 Å². The Kier molecular flexibility index (Phi) is 6.95. The summed E-state index contributed by atoms with van der Waals surface area (Å²) >= 11 is 0. The molecule has 0 fully saturated rings. The molecule has 0 saturated heterocycles.